The Morgan fingerprint density at radius 2 is 2.33 bits per heavy atom. The summed E-state index contributed by atoms with van der Waals surface area (Å²) < 4.78 is 13.6. The Morgan fingerprint density at radius 1 is 1.48 bits per heavy atom. The van der Waals surface area contributed by atoms with E-state index in [-0.39, 0.29) is 11.6 Å². The predicted octanol–water partition coefficient (Wildman–Crippen LogP) is 2.52. The van der Waals surface area contributed by atoms with E-state index in [0.717, 1.165) is 30.0 Å². The predicted molar refractivity (Wildman–Crippen MR) is 80.4 cm³/mol. The van der Waals surface area contributed by atoms with Crippen LogP contribution in [0.3, 0.4) is 0 Å². The Bertz CT molecular complexity index is 608. The van der Waals surface area contributed by atoms with Gasteiger partial charge in [0.1, 0.15) is 23.7 Å². The van der Waals surface area contributed by atoms with Gasteiger partial charge in [-0.15, -0.1) is 0 Å². The third-order valence-corrected chi connectivity index (χ3v) is 3.63. The van der Waals surface area contributed by atoms with Crippen LogP contribution in [0.25, 0.3) is 0 Å². The lowest BCUT2D eigenvalue weighted by Crippen LogP contribution is -2.37. The monoisotopic (exact) mass is 287 g/mol. The number of aromatic nitrogens is 2. The summed E-state index contributed by atoms with van der Waals surface area (Å²) >= 11 is 0. The number of hydrogen-bond donors (Lipinski definition) is 1. The van der Waals surface area contributed by atoms with E-state index < -0.39 is 0 Å². The van der Waals surface area contributed by atoms with Crippen molar-refractivity contribution >= 4 is 0 Å². The van der Waals surface area contributed by atoms with Gasteiger partial charge in [0.25, 0.3) is 0 Å². The molecule has 1 aliphatic heterocycles. The molecule has 5 heteroatoms. The van der Waals surface area contributed by atoms with E-state index >= 15 is 0 Å². The van der Waals surface area contributed by atoms with Crippen molar-refractivity contribution in [2.45, 2.75) is 38.5 Å². The van der Waals surface area contributed by atoms with Gasteiger partial charge in [0.05, 0.1) is 6.54 Å². The van der Waals surface area contributed by atoms with E-state index in [2.05, 4.69) is 18.9 Å². The molecule has 112 valence electrons. The average Bonchev–Trinajstić information content (AvgIpc) is 2.90. The van der Waals surface area contributed by atoms with Gasteiger partial charge < -0.3 is 15.2 Å². The zero-order valence-corrected chi connectivity index (χ0v) is 12.5. The highest BCUT2D eigenvalue weighted by atomic mass is 16.5. The van der Waals surface area contributed by atoms with Crippen LogP contribution in [-0.2, 0) is 6.54 Å². The molecule has 1 unspecified atom stereocenters. The van der Waals surface area contributed by atoms with Crippen molar-refractivity contribution in [3.8, 4) is 11.5 Å². The van der Waals surface area contributed by atoms with E-state index in [0.29, 0.717) is 6.61 Å². The molecule has 1 aromatic carbocycles. The Labute approximate surface area is 124 Å². The molecular formula is C16H21N3O2. The van der Waals surface area contributed by atoms with Gasteiger partial charge >= 0.3 is 0 Å². The third kappa shape index (κ3) is 3.19. The maximum absolute atomic E-state index is 6.20. The normalized spacial score (nSPS) is 19.7. The molecule has 2 N–H and O–H groups in total. The molecular weight excluding hydrogens is 266 g/mol. The molecule has 1 atom stereocenters. The molecule has 0 amide bonds. The fourth-order valence-electron chi connectivity index (χ4n) is 2.67. The van der Waals surface area contributed by atoms with Gasteiger partial charge in [0.15, 0.2) is 0 Å². The van der Waals surface area contributed by atoms with Gasteiger partial charge in [-0.2, -0.15) is 5.10 Å². The fraction of sp³-hybridized carbons (Fsp3) is 0.438. The molecule has 0 spiro atoms. The zero-order valence-electron chi connectivity index (χ0n) is 12.5. The van der Waals surface area contributed by atoms with Crippen LogP contribution in [0.2, 0.25) is 0 Å². The van der Waals surface area contributed by atoms with Crippen molar-refractivity contribution in [3.63, 3.8) is 0 Å². The van der Waals surface area contributed by atoms with Crippen LogP contribution >= 0.6 is 0 Å². The molecule has 0 saturated heterocycles. The minimum atomic E-state index is -0.236. The van der Waals surface area contributed by atoms with E-state index in [1.807, 2.05) is 35.1 Å². The number of nitrogens with two attached hydrogens (primary N) is 1. The zero-order chi connectivity index (χ0) is 14.9. The van der Waals surface area contributed by atoms with Gasteiger partial charge in [-0.05, 0) is 26.0 Å². The number of rotatable bonds is 4. The Balaban J connectivity index is 1.68. The second-order valence-electron chi connectivity index (χ2n) is 5.99. The molecule has 5 nitrogen and oxygen atoms in total. The molecule has 0 radical (unpaired) electrons. The molecule has 2 heterocycles. The molecule has 2 aromatic rings. The third-order valence-electron chi connectivity index (χ3n) is 3.63. The summed E-state index contributed by atoms with van der Waals surface area (Å²) in [5.74, 6) is 1.63. The topological polar surface area (TPSA) is 62.3 Å². The van der Waals surface area contributed by atoms with E-state index in [9.17, 15) is 0 Å². The minimum absolute atomic E-state index is 0.0156. The second kappa shape index (κ2) is 5.41. The SMILES string of the molecule is CC1(C)CC(N)c2ccc(OCCn3cccn3)cc2O1. The van der Waals surface area contributed by atoms with Crippen LogP contribution in [0, 0.1) is 0 Å². The molecule has 21 heavy (non-hydrogen) atoms. The maximum atomic E-state index is 6.20. The van der Waals surface area contributed by atoms with Crippen molar-refractivity contribution in [2.24, 2.45) is 5.73 Å². The summed E-state index contributed by atoms with van der Waals surface area (Å²) in [5.41, 5.74) is 7.02. The Morgan fingerprint density at radius 3 is 3.10 bits per heavy atom. The maximum Gasteiger partial charge on any atom is 0.128 e. The summed E-state index contributed by atoms with van der Waals surface area (Å²) in [6, 6.07) is 7.79. The summed E-state index contributed by atoms with van der Waals surface area (Å²) in [4.78, 5) is 0. The van der Waals surface area contributed by atoms with Crippen molar-refractivity contribution in [2.75, 3.05) is 6.61 Å². The number of hydrogen-bond acceptors (Lipinski definition) is 4. The first-order valence-corrected chi connectivity index (χ1v) is 7.22. The number of benzene rings is 1. The molecule has 1 aromatic heterocycles. The second-order valence-corrected chi connectivity index (χ2v) is 5.99. The molecule has 0 saturated carbocycles. The standard InChI is InChI=1S/C16H21N3O2/c1-16(2)11-14(17)13-5-4-12(10-15(13)21-16)20-9-8-19-7-3-6-18-19/h3-7,10,14H,8-9,11,17H2,1-2H3. The van der Waals surface area contributed by atoms with Gasteiger partial charge in [-0.1, -0.05) is 6.07 Å². The number of ether oxygens (including phenoxy) is 2. The van der Waals surface area contributed by atoms with E-state index in [1.165, 1.54) is 0 Å². The lowest BCUT2D eigenvalue weighted by Gasteiger charge is -2.36. The quantitative estimate of drug-likeness (QED) is 0.938. The van der Waals surface area contributed by atoms with Gasteiger partial charge in [0.2, 0.25) is 0 Å². The first kappa shape index (κ1) is 13.9. The van der Waals surface area contributed by atoms with Gasteiger partial charge in [-0.3, -0.25) is 4.68 Å². The van der Waals surface area contributed by atoms with Gasteiger partial charge in [-0.25, -0.2) is 0 Å². The van der Waals surface area contributed by atoms with Crippen molar-refractivity contribution in [3.05, 3.63) is 42.2 Å². The summed E-state index contributed by atoms with van der Waals surface area (Å²) in [5, 5.41) is 4.14. The highest BCUT2D eigenvalue weighted by Crippen LogP contribution is 2.39. The molecule has 0 aliphatic carbocycles. The Kier molecular flexibility index (Phi) is 3.59. The van der Waals surface area contributed by atoms with E-state index in [4.69, 9.17) is 15.2 Å². The lowest BCUT2D eigenvalue weighted by molar-refractivity contribution is 0.0724. The summed E-state index contributed by atoms with van der Waals surface area (Å²) in [6.45, 7) is 5.40. The van der Waals surface area contributed by atoms with Crippen LogP contribution in [-0.4, -0.2) is 22.0 Å². The first-order chi connectivity index (χ1) is 10.0. The molecule has 3 rings (SSSR count). The van der Waals surface area contributed by atoms with Crippen LogP contribution in [0.15, 0.2) is 36.7 Å². The van der Waals surface area contributed by atoms with Crippen molar-refractivity contribution in [1.29, 1.82) is 0 Å². The number of nitrogens with zero attached hydrogens (tertiary/aromatic N) is 2. The average molecular weight is 287 g/mol. The Hall–Kier alpha value is -2.01. The van der Waals surface area contributed by atoms with Crippen LogP contribution in [0.5, 0.6) is 11.5 Å². The smallest absolute Gasteiger partial charge is 0.128 e. The minimum Gasteiger partial charge on any atom is -0.492 e. The lowest BCUT2D eigenvalue weighted by atomic mass is 9.90. The molecule has 0 fully saturated rings. The highest BCUT2D eigenvalue weighted by molar-refractivity contribution is 5.44. The van der Waals surface area contributed by atoms with Crippen LogP contribution in [0.1, 0.15) is 31.9 Å². The van der Waals surface area contributed by atoms with Crippen LogP contribution in [0.4, 0.5) is 0 Å². The molecule has 1 aliphatic rings. The van der Waals surface area contributed by atoms with E-state index in [1.54, 1.807) is 6.20 Å². The fourth-order valence-corrected chi connectivity index (χ4v) is 2.67. The van der Waals surface area contributed by atoms with Crippen LogP contribution < -0.4 is 15.2 Å². The van der Waals surface area contributed by atoms with Crippen molar-refractivity contribution < 1.29 is 9.47 Å². The highest BCUT2D eigenvalue weighted by Gasteiger charge is 2.31. The number of fused-ring (bicyclic) bond motifs is 1. The van der Waals surface area contributed by atoms with Gasteiger partial charge in [0, 0.05) is 36.5 Å². The summed E-state index contributed by atoms with van der Waals surface area (Å²) in [7, 11) is 0. The first-order valence-electron chi connectivity index (χ1n) is 7.22. The molecule has 0 bridgehead atoms. The largest absolute Gasteiger partial charge is 0.492 e. The van der Waals surface area contributed by atoms with Crippen molar-refractivity contribution in [1.82, 2.24) is 9.78 Å². The summed E-state index contributed by atoms with van der Waals surface area (Å²) in [6.07, 6.45) is 4.50.